The number of phosphoric acid groups is 1. The van der Waals surface area contributed by atoms with Crippen molar-refractivity contribution in [1.82, 2.24) is 0 Å². The monoisotopic (exact) mass is 1120 g/mol. The molecule has 0 aromatic heterocycles. The Morgan fingerprint density at radius 1 is 0.388 bits per heavy atom. The molecule has 0 aliphatic heterocycles. The topological polar surface area (TPSA) is 111 Å². The molecule has 448 valence electrons. The van der Waals surface area contributed by atoms with E-state index < -0.39 is 32.5 Å². The normalized spacial score (nSPS) is 14.5. The quantitative estimate of drug-likeness (QED) is 0.0195. The van der Waals surface area contributed by atoms with E-state index in [1.54, 1.807) is 0 Å². The molecule has 0 saturated heterocycles. The van der Waals surface area contributed by atoms with Crippen molar-refractivity contribution in [3.05, 3.63) is 182 Å². The number of hydrogen-bond acceptors (Lipinski definition) is 8. The number of carbonyl (C=O) groups is 2. The first kappa shape index (κ1) is 75.1. The molecule has 0 saturated carbocycles. The molecule has 0 bridgehead atoms. The van der Waals surface area contributed by atoms with Crippen molar-refractivity contribution in [3.63, 3.8) is 0 Å². The molecule has 0 amide bonds. The van der Waals surface area contributed by atoms with Crippen LogP contribution in [0.2, 0.25) is 0 Å². The number of phosphoric ester groups is 1. The number of esters is 2. The summed E-state index contributed by atoms with van der Waals surface area (Å²) in [5, 5.41) is 0. The van der Waals surface area contributed by atoms with Gasteiger partial charge >= 0.3 is 11.9 Å². The highest BCUT2D eigenvalue weighted by Gasteiger charge is 2.21. The van der Waals surface area contributed by atoms with Crippen LogP contribution in [0.25, 0.3) is 0 Å². The molecule has 0 radical (unpaired) electrons. The lowest BCUT2D eigenvalue weighted by atomic mass is 10.1. The summed E-state index contributed by atoms with van der Waals surface area (Å²) in [5.74, 6) is -0.902. The van der Waals surface area contributed by atoms with Crippen molar-refractivity contribution in [2.24, 2.45) is 0 Å². The van der Waals surface area contributed by atoms with Crippen molar-refractivity contribution >= 4 is 19.8 Å². The minimum atomic E-state index is -4.67. The van der Waals surface area contributed by atoms with Crippen LogP contribution in [0.1, 0.15) is 194 Å². The number of ether oxygens (including phenoxy) is 2. The SMILES string of the molecule is CC/C=C\C/C=C\C/C=C\C/C=C\C/C=C\C/C=C\C/C=C\C/C=C\C/C=C\C/C=C\CCCCCCC(=O)OC(COC(=O)CCCCCCC/C=C\C/C=C\C/C=C\C/C=C\C/C=C\CC)COP(=O)([O-])OCC[N+](C)(C)C. The lowest BCUT2D eigenvalue weighted by Gasteiger charge is -2.28. The predicted molar refractivity (Wildman–Crippen MR) is 341 cm³/mol. The Hall–Kier alpha value is -4.89. The van der Waals surface area contributed by atoms with Crippen LogP contribution in [0, 0.1) is 0 Å². The third kappa shape index (κ3) is 62.3. The van der Waals surface area contributed by atoms with Crippen molar-refractivity contribution in [1.29, 1.82) is 0 Å². The summed E-state index contributed by atoms with van der Waals surface area (Å²) in [6, 6.07) is 0. The lowest BCUT2D eigenvalue weighted by Crippen LogP contribution is -2.37. The van der Waals surface area contributed by atoms with E-state index in [0.717, 1.165) is 154 Å². The smallest absolute Gasteiger partial charge is 0.306 e. The number of nitrogens with zero attached hydrogens (tertiary/aromatic N) is 1. The van der Waals surface area contributed by atoms with E-state index in [1.807, 2.05) is 21.1 Å². The Bertz CT molecular complexity index is 2000. The lowest BCUT2D eigenvalue weighted by molar-refractivity contribution is -0.870. The second kappa shape index (κ2) is 58.8. The average molecular weight is 1120 g/mol. The molecular weight excluding hydrogens is 1010 g/mol. The summed E-state index contributed by atoms with van der Waals surface area (Å²) in [4.78, 5) is 37.9. The number of carbonyl (C=O) groups excluding carboxylic acids is 2. The highest BCUT2D eigenvalue weighted by atomic mass is 31.2. The fraction of sp³-hybridized carbons (Fsp3) is 0.543. The summed E-state index contributed by atoms with van der Waals surface area (Å²) in [6.07, 6.45) is 90.8. The van der Waals surface area contributed by atoms with E-state index in [4.69, 9.17) is 18.5 Å². The molecule has 2 atom stereocenters. The van der Waals surface area contributed by atoms with E-state index >= 15 is 0 Å². The highest BCUT2D eigenvalue weighted by Crippen LogP contribution is 2.38. The first-order valence-electron chi connectivity index (χ1n) is 30.5. The Balaban J connectivity index is 4.30. The van der Waals surface area contributed by atoms with Gasteiger partial charge in [0.25, 0.3) is 7.82 Å². The zero-order valence-corrected chi connectivity index (χ0v) is 51.6. The highest BCUT2D eigenvalue weighted by molar-refractivity contribution is 7.45. The van der Waals surface area contributed by atoms with Gasteiger partial charge < -0.3 is 27.9 Å². The number of rotatable bonds is 53. The molecule has 0 rings (SSSR count). The minimum absolute atomic E-state index is 0.0510. The van der Waals surface area contributed by atoms with Crippen molar-refractivity contribution < 1.29 is 42.1 Å². The van der Waals surface area contributed by atoms with Crippen molar-refractivity contribution in [3.8, 4) is 0 Å². The number of unbranched alkanes of at least 4 members (excludes halogenated alkanes) is 9. The molecule has 0 aliphatic carbocycles. The summed E-state index contributed by atoms with van der Waals surface area (Å²) >= 11 is 0. The number of allylic oxidation sites excluding steroid dienone is 30. The maximum absolute atomic E-state index is 12.8. The molecule has 10 heteroatoms. The molecule has 2 unspecified atom stereocenters. The summed E-state index contributed by atoms with van der Waals surface area (Å²) in [5.41, 5.74) is 0. The van der Waals surface area contributed by atoms with Gasteiger partial charge in [-0.15, -0.1) is 0 Å². The van der Waals surface area contributed by atoms with Gasteiger partial charge in [-0.2, -0.15) is 0 Å². The zero-order valence-electron chi connectivity index (χ0n) is 50.7. The van der Waals surface area contributed by atoms with Gasteiger partial charge in [-0.05, 0) is 135 Å². The van der Waals surface area contributed by atoms with Crippen LogP contribution < -0.4 is 4.89 Å². The second-order valence-electron chi connectivity index (χ2n) is 20.6. The van der Waals surface area contributed by atoms with Crippen molar-refractivity contribution in [2.45, 2.75) is 200 Å². The number of hydrogen-bond donors (Lipinski definition) is 0. The van der Waals surface area contributed by atoms with E-state index in [2.05, 4.69) is 196 Å². The first-order chi connectivity index (χ1) is 39.0. The van der Waals surface area contributed by atoms with Gasteiger partial charge in [0.15, 0.2) is 6.10 Å². The number of quaternary nitrogens is 1. The van der Waals surface area contributed by atoms with E-state index in [0.29, 0.717) is 23.9 Å². The van der Waals surface area contributed by atoms with Gasteiger partial charge in [-0.25, -0.2) is 0 Å². The Morgan fingerprint density at radius 2 is 0.675 bits per heavy atom. The van der Waals surface area contributed by atoms with Crippen LogP contribution in [0.5, 0.6) is 0 Å². The van der Waals surface area contributed by atoms with Crippen LogP contribution in [0.15, 0.2) is 182 Å². The molecular formula is C70H110NO8P. The van der Waals surface area contributed by atoms with Gasteiger partial charge in [-0.3, -0.25) is 14.2 Å². The van der Waals surface area contributed by atoms with Crippen LogP contribution in [0.4, 0.5) is 0 Å². The molecule has 80 heavy (non-hydrogen) atoms. The molecule has 0 aromatic carbocycles. The first-order valence-corrected chi connectivity index (χ1v) is 32.0. The Kier molecular flexibility index (Phi) is 55.2. The summed E-state index contributed by atoms with van der Waals surface area (Å²) in [7, 11) is 1.10. The molecule has 0 N–H and O–H groups in total. The molecule has 0 aliphatic rings. The van der Waals surface area contributed by atoms with Gasteiger partial charge in [-0.1, -0.05) is 228 Å². The van der Waals surface area contributed by atoms with Crippen molar-refractivity contribution in [2.75, 3.05) is 47.5 Å². The van der Waals surface area contributed by atoms with Gasteiger partial charge in [0.05, 0.1) is 27.7 Å². The standard InChI is InChI=1S/C70H110NO8P/c1-6-8-10-12-14-16-18-20-22-24-26-28-29-30-31-32-33-34-35-36-37-38-39-40-41-43-45-47-49-51-53-55-57-59-61-63-70(73)79-68(67-78-80(74,75)77-65-64-71(3,4)5)66-76-69(72)62-60-58-56-54-52-50-48-46-44-42-27-25-23-21-19-17-15-13-11-9-7-2/h8-11,14-17,20-23,26-28,30-31,33-34,36-37,39-40,42-43,45-46,48-49,51,68H,6-7,12-13,18-19,24-25,29,32,35,38,41,44,47,50,52-67H2,1-5H3/b10-8-,11-9-,16-14-,17-15-,22-20-,23-21-,28-26-,31-30-,34-33-,37-36-,40-39-,42-27-,45-43-,48-46-,51-49-. The van der Waals surface area contributed by atoms with Crippen LogP contribution in [0.3, 0.4) is 0 Å². The van der Waals surface area contributed by atoms with Crippen LogP contribution in [-0.2, 0) is 32.7 Å². The molecule has 0 spiro atoms. The zero-order chi connectivity index (χ0) is 58.4. The minimum Gasteiger partial charge on any atom is -0.756 e. The summed E-state index contributed by atoms with van der Waals surface area (Å²) < 4.78 is 34.1. The van der Waals surface area contributed by atoms with E-state index in [1.165, 1.54) is 0 Å². The maximum Gasteiger partial charge on any atom is 0.306 e. The maximum atomic E-state index is 12.8. The van der Waals surface area contributed by atoms with Gasteiger partial charge in [0, 0.05) is 12.8 Å². The van der Waals surface area contributed by atoms with Crippen LogP contribution in [-0.4, -0.2) is 70.0 Å². The molecule has 0 fully saturated rings. The Labute approximate surface area is 489 Å². The second-order valence-corrected chi connectivity index (χ2v) is 22.0. The van der Waals surface area contributed by atoms with E-state index in [9.17, 15) is 19.0 Å². The molecule has 0 aromatic rings. The van der Waals surface area contributed by atoms with Gasteiger partial charge in [0.2, 0.25) is 0 Å². The van der Waals surface area contributed by atoms with E-state index in [-0.39, 0.29) is 26.1 Å². The third-order valence-electron chi connectivity index (χ3n) is 11.9. The predicted octanol–water partition coefficient (Wildman–Crippen LogP) is 19.0. The average Bonchev–Trinajstić information content (AvgIpc) is 3.42. The largest absolute Gasteiger partial charge is 0.756 e. The fourth-order valence-corrected chi connectivity index (χ4v) is 8.03. The third-order valence-corrected chi connectivity index (χ3v) is 12.9. The fourth-order valence-electron chi connectivity index (χ4n) is 7.30. The molecule has 9 nitrogen and oxygen atoms in total. The number of likely N-dealkylation sites (N-methyl/N-ethyl adjacent to an activating group) is 1. The van der Waals surface area contributed by atoms with Crippen LogP contribution >= 0.6 is 7.82 Å². The molecule has 0 heterocycles. The Morgan fingerprint density at radius 3 is 1.00 bits per heavy atom. The van der Waals surface area contributed by atoms with Gasteiger partial charge in [0.1, 0.15) is 19.8 Å². The summed E-state index contributed by atoms with van der Waals surface area (Å²) in [6.45, 7) is 3.92.